The lowest BCUT2D eigenvalue weighted by Crippen LogP contribution is -2.23. The summed E-state index contributed by atoms with van der Waals surface area (Å²) in [4.78, 5) is 14.3. The molecule has 2 nitrogen and oxygen atoms in total. The Kier molecular flexibility index (Phi) is 2.62. The molecule has 1 heterocycles. The zero-order valence-electron chi connectivity index (χ0n) is 11.4. The molecule has 2 heteroatoms. The highest BCUT2D eigenvalue weighted by atomic mass is 16.2. The molecule has 2 aromatic rings. The summed E-state index contributed by atoms with van der Waals surface area (Å²) in [7, 11) is 0. The molecule has 0 atom stereocenters. The first-order valence-electron chi connectivity index (χ1n) is 7.33. The van der Waals surface area contributed by atoms with Gasteiger partial charge in [0.1, 0.15) is 0 Å². The number of anilines is 1. The number of hydrogen-bond donors (Lipinski definition) is 0. The van der Waals surface area contributed by atoms with Gasteiger partial charge < -0.3 is 4.90 Å². The molecule has 4 rings (SSSR count). The topological polar surface area (TPSA) is 20.3 Å². The lowest BCUT2D eigenvalue weighted by Gasteiger charge is -2.26. The number of carbonyl (C=O) groups excluding carboxylic acids is 1. The maximum Gasteiger partial charge on any atom is 0.258 e. The van der Waals surface area contributed by atoms with Gasteiger partial charge >= 0.3 is 0 Å². The second-order valence-electron chi connectivity index (χ2n) is 5.77. The number of rotatable bonds is 2. The van der Waals surface area contributed by atoms with Crippen molar-refractivity contribution in [2.24, 2.45) is 0 Å². The Morgan fingerprint density at radius 3 is 2.35 bits per heavy atom. The van der Waals surface area contributed by atoms with Crippen LogP contribution in [0.1, 0.15) is 46.7 Å². The molecule has 1 aliphatic heterocycles. The van der Waals surface area contributed by atoms with Crippen LogP contribution in [0.5, 0.6) is 0 Å². The van der Waals surface area contributed by atoms with E-state index in [4.69, 9.17) is 0 Å². The molecular formula is C18H17NO. The largest absolute Gasteiger partial charge is 0.304 e. The highest BCUT2D eigenvalue weighted by molar-refractivity contribution is 6.09. The number of amides is 1. The molecule has 1 aliphatic carbocycles. The van der Waals surface area contributed by atoms with Crippen molar-refractivity contribution in [2.75, 3.05) is 4.90 Å². The quantitative estimate of drug-likeness (QED) is 0.798. The summed E-state index contributed by atoms with van der Waals surface area (Å²) in [5, 5.41) is 0. The third-order valence-corrected chi connectivity index (χ3v) is 4.60. The minimum atomic E-state index is 0.122. The van der Waals surface area contributed by atoms with E-state index >= 15 is 0 Å². The van der Waals surface area contributed by atoms with Gasteiger partial charge in [-0.3, -0.25) is 4.79 Å². The number of carbonyl (C=O) groups is 1. The van der Waals surface area contributed by atoms with Gasteiger partial charge in [0.15, 0.2) is 0 Å². The molecule has 20 heavy (non-hydrogen) atoms. The Bertz CT molecular complexity index is 655. The Morgan fingerprint density at radius 2 is 1.70 bits per heavy atom. The Labute approximate surface area is 119 Å². The molecule has 2 aromatic carbocycles. The molecular weight excluding hydrogens is 246 g/mol. The SMILES string of the molecule is O=C1c2ccccc2CN1c1ccc(C2CCC2)cc1. The minimum absolute atomic E-state index is 0.122. The van der Waals surface area contributed by atoms with E-state index in [9.17, 15) is 4.79 Å². The van der Waals surface area contributed by atoms with Crippen molar-refractivity contribution in [1.82, 2.24) is 0 Å². The van der Waals surface area contributed by atoms with Crippen LogP contribution in [0.25, 0.3) is 0 Å². The zero-order valence-corrected chi connectivity index (χ0v) is 11.4. The fourth-order valence-corrected chi connectivity index (χ4v) is 3.13. The average Bonchev–Trinajstić information content (AvgIpc) is 2.76. The standard InChI is InChI=1S/C18H17NO/c20-18-17-7-2-1-4-15(17)12-19(18)16-10-8-14(9-11-16)13-5-3-6-13/h1-2,4,7-11,13H,3,5-6,12H2. The van der Waals surface area contributed by atoms with Crippen LogP contribution in [0.2, 0.25) is 0 Å². The lowest BCUT2D eigenvalue weighted by atomic mass is 9.80. The van der Waals surface area contributed by atoms with Gasteiger partial charge in [-0.1, -0.05) is 36.8 Å². The summed E-state index contributed by atoms with van der Waals surface area (Å²) in [6.07, 6.45) is 3.98. The van der Waals surface area contributed by atoms with E-state index in [1.54, 1.807) is 0 Å². The molecule has 0 aromatic heterocycles. The lowest BCUT2D eigenvalue weighted by molar-refractivity contribution is 0.0996. The number of hydrogen-bond acceptors (Lipinski definition) is 1. The third kappa shape index (κ3) is 1.75. The van der Waals surface area contributed by atoms with E-state index in [1.165, 1.54) is 24.8 Å². The molecule has 0 bridgehead atoms. The Morgan fingerprint density at radius 1 is 0.950 bits per heavy atom. The predicted octanol–water partition coefficient (Wildman–Crippen LogP) is 4.11. The molecule has 0 N–H and O–H groups in total. The molecule has 0 unspecified atom stereocenters. The summed E-state index contributed by atoms with van der Waals surface area (Å²) in [5.41, 5.74) is 4.40. The fraction of sp³-hybridized carbons (Fsp3) is 0.278. The number of nitrogens with zero attached hydrogens (tertiary/aromatic N) is 1. The number of benzene rings is 2. The summed E-state index contributed by atoms with van der Waals surface area (Å²) < 4.78 is 0. The van der Waals surface area contributed by atoms with Crippen molar-refractivity contribution in [3.63, 3.8) is 0 Å². The highest BCUT2D eigenvalue weighted by Crippen LogP contribution is 2.37. The van der Waals surface area contributed by atoms with Gasteiger partial charge in [-0.05, 0) is 48.1 Å². The van der Waals surface area contributed by atoms with Crippen molar-refractivity contribution in [2.45, 2.75) is 31.7 Å². The molecule has 1 saturated carbocycles. The van der Waals surface area contributed by atoms with Crippen molar-refractivity contribution in [3.05, 3.63) is 65.2 Å². The molecule has 1 amide bonds. The maximum absolute atomic E-state index is 12.4. The van der Waals surface area contributed by atoms with Crippen molar-refractivity contribution >= 4 is 11.6 Å². The van der Waals surface area contributed by atoms with Gasteiger partial charge in [-0.2, -0.15) is 0 Å². The number of fused-ring (bicyclic) bond motifs is 1. The van der Waals surface area contributed by atoms with E-state index in [1.807, 2.05) is 29.2 Å². The average molecular weight is 263 g/mol. The maximum atomic E-state index is 12.4. The smallest absolute Gasteiger partial charge is 0.258 e. The van der Waals surface area contributed by atoms with Crippen LogP contribution in [0, 0.1) is 0 Å². The van der Waals surface area contributed by atoms with Crippen LogP contribution in [-0.2, 0) is 6.54 Å². The second-order valence-corrected chi connectivity index (χ2v) is 5.77. The van der Waals surface area contributed by atoms with Crippen LogP contribution >= 0.6 is 0 Å². The van der Waals surface area contributed by atoms with Crippen molar-refractivity contribution in [3.8, 4) is 0 Å². The Hall–Kier alpha value is -2.09. The molecule has 2 aliphatic rings. The van der Waals surface area contributed by atoms with E-state index in [0.717, 1.165) is 22.7 Å². The first-order valence-corrected chi connectivity index (χ1v) is 7.33. The second kappa shape index (κ2) is 4.48. The van der Waals surface area contributed by atoms with Crippen molar-refractivity contribution < 1.29 is 4.79 Å². The van der Waals surface area contributed by atoms with Crippen LogP contribution in [0.3, 0.4) is 0 Å². The zero-order chi connectivity index (χ0) is 13.5. The van der Waals surface area contributed by atoms with E-state index in [2.05, 4.69) is 24.3 Å². The van der Waals surface area contributed by atoms with Gasteiger partial charge in [0.2, 0.25) is 0 Å². The minimum Gasteiger partial charge on any atom is -0.304 e. The monoisotopic (exact) mass is 263 g/mol. The van der Waals surface area contributed by atoms with E-state index < -0.39 is 0 Å². The summed E-state index contributed by atoms with van der Waals surface area (Å²) >= 11 is 0. The van der Waals surface area contributed by atoms with E-state index in [0.29, 0.717) is 6.54 Å². The molecule has 0 spiro atoms. The van der Waals surface area contributed by atoms with Crippen LogP contribution in [0.4, 0.5) is 5.69 Å². The predicted molar refractivity (Wildman–Crippen MR) is 80.0 cm³/mol. The fourth-order valence-electron chi connectivity index (χ4n) is 3.13. The Balaban J connectivity index is 1.61. The van der Waals surface area contributed by atoms with Gasteiger partial charge in [-0.25, -0.2) is 0 Å². The molecule has 1 fully saturated rings. The van der Waals surface area contributed by atoms with Gasteiger partial charge in [0, 0.05) is 11.3 Å². The summed E-state index contributed by atoms with van der Waals surface area (Å²) in [5.74, 6) is 0.868. The summed E-state index contributed by atoms with van der Waals surface area (Å²) in [6, 6.07) is 16.4. The van der Waals surface area contributed by atoms with E-state index in [-0.39, 0.29) is 5.91 Å². The first-order chi connectivity index (χ1) is 9.83. The van der Waals surface area contributed by atoms with Gasteiger partial charge in [-0.15, -0.1) is 0 Å². The highest BCUT2D eigenvalue weighted by Gasteiger charge is 2.28. The van der Waals surface area contributed by atoms with Crippen LogP contribution in [0.15, 0.2) is 48.5 Å². The first kappa shape index (κ1) is 11.7. The molecule has 100 valence electrons. The van der Waals surface area contributed by atoms with Gasteiger partial charge in [0.25, 0.3) is 5.91 Å². The van der Waals surface area contributed by atoms with Crippen molar-refractivity contribution in [1.29, 1.82) is 0 Å². The third-order valence-electron chi connectivity index (χ3n) is 4.60. The van der Waals surface area contributed by atoms with Crippen LogP contribution < -0.4 is 4.90 Å². The van der Waals surface area contributed by atoms with Gasteiger partial charge in [0.05, 0.1) is 6.54 Å². The molecule has 0 radical (unpaired) electrons. The summed E-state index contributed by atoms with van der Waals surface area (Å²) in [6.45, 7) is 0.692. The normalized spacial score (nSPS) is 18.0. The molecule has 0 saturated heterocycles. The van der Waals surface area contributed by atoms with Crippen LogP contribution in [-0.4, -0.2) is 5.91 Å².